The number of nitrogens with zero attached hydrogens (tertiary/aromatic N) is 1. The van der Waals surface area contributed by atoms with E-state index in [2.05, 4.69) is 0 Å². The number of primary amides is 1. The van der Waals surface area contributed by atoms with E-state index in [0.717, 1.165) is 0 Å². The third kappa shape index (κ3) is 7.23. The van der Waals surface area contributed by atoms with E-state index in [-0.39, 0.29) is 19.7 Å². The van der Waals surface area contributed by atoms with Crippen LogP contribution in [-0.2, 0) is 9.59 Å². The molecule has 0 unspecified atom stereocenters. The largest absolute Gasteiger partial charge is 0.480 e. The van der Waals surface area contributed by atoms with Crippen LogP contribution in [0.5, 0.6) is 0 Å². The Morgan fingerprint density at radius 3 is 2.31 bits per heavy atom. The minimum absolute atomic E-state index is 0.0329. The summed E-state index contributed by atoms with van der Waals surface area (Å²) in [5.74, 6) is -1.58. The lowest BCUT2D eigenvalue weighted by molar-refractivity contribution is -0.138. The molecule has 0 aliphatic heterocycles. The van der Waals surface area contributed by atoms with Gasteiger partial charge >= 0.3 is 5.97 Å². The van der Waals surface area contributed by atoms with Gasteiger partial charge in [-0.1, -0.05) is 0 Å². The van der Waals surface area contributed by atoms with Crippen molar-refractivity contribution < 1.29 is 19.8 Å². The van der Waals surface area contributed by atoms with E-state index in [9.17, 15) is 9.59 Å². The molecule has 76 valence electrons. The molecule has 0 aliphatic rings. The summed E-state index contributed by atoms with van der Waals surface area (Å²) in [6.07, 6.45) is 0.431. The maximum atomic E-state index is 10.5. The Kier molecular flexibility index (Phi) is 5.82. The first-order valence-corrected chi connectivity index (χ1v) is 3.89. The van der Waals surface area contributed by atoms with Gasteiger partial charge in [-0.15, -0.1) is 0 Å². The summed E-state index contributed by atoms with van der Waals surface area (Å²) >= 11 is 0. The average molecular weight is 190 g/mol. The topological polar surface area (TPSA) is 104 Å². The number of carbonyl (C=O) groups is 2. The van der Waals surface area contributed by atoms with Crippen molar-refractivity contribution in [1.82, 2.24) is 4.90 Å². The van der Waals surface area contributed by atoms with E-state index in [4.69, 9.17) is 15.9 Å². The van der Waals surface area contributed by atoms with Gasteiger partial charge in [-0.25, -0.2) is 0 Å². The Morgan fingerprint density at radius 1 is 1.31 bits per heavy atom. The molecule has 0 fully saturated rings. The van der Waals surface area contributed by atoms with Crippen molar-refractivity contribution in [2.75, 3.05) is 26.2 Å². The van der Waals surface area contributed by atoms with Crippen molar-refractivity contribution in [3.8, 4) is 0 Å². The number of carboxylic acid groups (broad SMARTS) is 1. The van der Waals surface area contributed by atoms with Crippen molar-refractivity contribution in [2.45, 2.75) is 6.42 Å². The summed E-state index contributed by atoms with van der Waals surface area (Å²) in [6, 6.07) is 0. The van der Waals surface area contributed by atoms with Gasteiger partial charge in [0.1, 0.15) is 0 Å². The zero-order chi connectivity index (χ0) is 10.3. The number of nitrogens with two attached hydrogens (primary N) is 1. The molecule has 0 aliphatic carbocycles. The Hall–Kier alpha value is -1.14. The number of aliphatic hydroxyl groups excluding tert-OH is 1. The molecular weight excluding hydrogens is 176 g/mol. The Bertz CT molecular complexity index is 167. The van der Waals surface area contributed by atoms with Crippen LogP contribution in [0.15, 0.2) is 0 Å². The lowest BCUT2D eigenvalue weighted by atomic mass is 10.3. The van der Waals surface area contributed by atoms with Crippen molar-refractivity contribution >= 4 is 11.9 Å². The van der Waals surface area contributed by atoms with E-state index in [1.807, 2.05) is 0 Å². The van der Waals surface area contributed by atoms with E-state index < -0.39 is 11.9 Å². The van der Waals surface area contributed by atoms with Crippen molar-refractivity contribution in [1.29, 1.82) is 0 Å². The fourth-order valence-corrected chi connectivity index (χ4v) is 0.920. The third-order valence-corrected chi connectivity index (χ3v) is 1.37. The normalized spacial score (nSPS) is 10.3. The number of rotatable bonds is 7. The predicted molar refractivity (Wildman–Crippen MR) is 45.0 cm³/mol. The highest BCUT2D eigenvalue weighted by Crippen LogP contribution is 1.90. The van der Waals surface area contributed by atoms with E-state index in [0.29, 0.717) is 13.0 Å². The zero-order valence-electron chi connectivity index (χ0n) is 7.27. The van der Waals surface area contributed by atoms with Crippen LogP contribution in [0.4, 0.5) is 0 Å². The molecule has 1 amide bonds. The summed E-state index contributed by atoms with van der Waals surface area (Å²) in [6.45, 7) is -0.00411. The number of carboxylic acids is 1. The standard InChI is InChI=1S/C7H14N2O4/c8-6(11)4-9(2-1-3-10)5-7(12)13/h10H,1-5H2,(H2,8,11)(H,12,13). The van der Waals surface area contributed by atoms with Crippen LogP contribution >= 0.6 is 0 Å². The molecule has 0 heterocycles. The van der Waals surface area contributed by atoms with Crippen LogP contribution in [0.3, 0.4) is 0 Å². The Labute approximate surface area is 75.9 Å². The van der Waals surface area contributed by atoms with Crippen LogP contribution < -0.4 is 5.73 Å². The summed E-state index contributed by atoms with van der Waals surface area (Å²) < 4.78 is 0. The van der Waals surface area contributed by atoms with E-state index in [1.54, 1.807) is 0 Å². The molecule has 0 bridgehead atoms. The van der Waals surface area contributed by atoms with Gasteiger partial charge < -0.3 is 15.9 Å². The first kappa shape index (κ1) is 11.9. The lowest BCUT2D eigenvalue weighted by Crippen LogP contribution is -2.38. The molecule has 0 aromatic heterocycles. The molecule has 0 rings (SSSR count). The maximum absolute atomic E-state index is 10.5. The molecule has 0 radical (unpaired) electrons. The quantitative estimate of drug-likeness (QED) is 0.441. The highest BCUT2D eigenvalue weighted by molar-refractivity contribution is 5.77. The third-order valence-electron chi connectivity index (χ3n) is 1.37. The van der Waals surface area contributed by atoms with Crippen LogP contribution in [0, 0.1) is 0 Å². The monoisotopic (exact) mass is 190 g/mol. The maximum Gasteiger partial charge on any atom is 0.317 e. The minimum Gasteiger partial charge on any atom is -0.480 e. The number of aliphatic carboxylic acids is 1. The van der Waals surface area contributed by atoms with Crippen molar-refractivity contribution in [3.05, 3.63) is 0 Å². The molecule has 13 heavy (non-hydrogen) atoms. The van der Waals surface area contributed by atoms with Gasteiger partial charge in [0.25, 0.3) is 0 Å². The fourth-order valence-electron chi connectivity index (χ4n) is 0.920. The molecule has 6 nitrogen and oxygen atoms in total. The molecule has 6 heteroatoms. The summed E-state index contributed by atoms with van der Waals surface area (Å²) in [4.78, 5) is 22.2. The van der Waals surface area contributed by atoms with Crippen molar-refractivity contribution in [3.63, 3.8) is 0 Å². The SMILES string of the molecule is NC(=O)CN(CCCO)CC(=O)O. The van der Waals surface area contributed by atoms with Gasteiger partial charge in [0, 0.05) is 13.2 Å². The molecular formula is C7H14N2O4. The summed E-state index contributed by atoms with van der Waals surface area (Å²) in [5.41, 5.74) is 4.90. The fraction of sp³-hybridized carbons (Fsp3) is 0.714. The molecule has 0 aromatic carbocycles. The first-order chi connectivity index (χ1) is 6.06. The van der Waals surface area contributed by atoms with Crippen LogP contribution in [0.2, 0.25) is 0 Å². The first-order valence-electron chi connectivity index (χ1n) is 3.89. The second kappa shape index (κ2) is 6.38. The van der Waals surface area contributed by atoms with E-state index in [1.165, 1.54) is 4.90 Å². The number of hydrogen-bond donors (Lipinski definition) is 3. The zero-order valence-corrected chi connectivity index (χ0v) is 7.27. The van der Waals surface area contributed by atoms with Gasteiger partial charge in [-0.2, -0.15) is 0 Å². The molecule has 0 aromatic rings. The van der Waals surface area contributed by atoms with Crippen LogP contribution in [0.25, 0.3) is 0 Å². The highest BCUT2D eigenvalue weighted by Gasteiger charge is 2.11. The van der Waals surface area contributed by atoms with E-state index >= 15 is 0 Å². The molecule has 0 spiro atoms. The molecule has 0 saturated carbocycles. The van der Waals surface area contributed by atoms with Crippen molar-refractivity contribution in [2.24, 2.45) is 5.73 Å². The smallest absolute Gasteiger partial charge is 0.317 e. The number of hydrogen-bond acceptors (Lipinski definition) is 4. The Balaban J connectivity index is 3.87. The minimum atomic E-state index is -1.01. The average Bonchev–Trinajstić information content (AvgIpc) is 1.98. The number of carbonyl (C=O) groups excluding carboxylic acids is 1. The van der Waals surface area contributed by atoms with Gasteiger partial charge in [0.15, 0.2) is 0 Å². The van der Waals surface area contributed by atoms with Crippen LogP contribution in [0.1, 0.15) is 6.42 Å². The second-order valence-electron chi connectivity index (χ2n) is 2.65. The number of aliphatic hydroxyl groups is 1. The summed E-state index contributed by atoms with van der Waals surface area (Å²) in [7, 11) is 0. The predicted octanol–water partition coefficient (Wildman–Crippen LogP) is -1.76. The Morgan fingerprint density at radius 2 is 1.92 bits per heavy atom. The van der Waals surface area contributed by atoms with Crippen LogP contribution in [-0.4, -0.2) is 53.2 Å². The second-order valence-corrected chi connectivity index (χ2v) is 2.65. The molecule has 0 atom stereocenters. The molecule has 4 N–H and O–H groups in total. The van der Waals surface area contributed by atoms with Gasteiger partial charge in [-0.05, 0) is 6.42 Å². The summed E-state index contributed by atoms with van der Waals surface area (Å²) in [5, 5.41) is 16.9. The van der Waals surface area contributed by atoms with Gasteiger partial charge in [0.2, 0.25) is 5.91 Å². The molecule has 0 saturated heterocycles. The van der Waals surface area contributed by atoms with Gasteiger partial charge in [-0.3, -0.25) is 14.5 Å². The highest BCUT2D eigenvalue weighted by atomic mass is 16.4. The number of amides is 1. The lowest BCUT2D eigenvalue weighted by Gasteiger charge is -2.17. The van der Waals surface area contributed by atoms with Gasteiger partial charge in [0.05, 0.1) is 13.1 Å².